The fourth-order valence-corrected chi connectivity index (χ4v) is 0. The average Bonchev–Trinajstić information content (AvgIpc) is 2.51. The molecule has 0 bridgehead atoms. The highest BCUT2D eigenvalue weighted by molar-refractivity contribution is 5.44. The van der Waals surface area contributed by atoms with Crippen LogP contribution in [0, 0.1) is 0 Å². The van der Waals surface area contributed by atoms with E-state index in [9.17, 15) is 0 Å². The Labute approximate surface area is 161 Å². The van der Waals surface area contributed by atoms with Gasteiger partial charge in [0.1, 0.15) is 12.6 Å². The van der Waals surface area contributed by atoms with Crippen LogP contribution in [0.15, 0.2) is 0 Å². The third-order valence-corrected chi connectivity index (χ3v) is 1.09. The molecule has 0 amide bonds. The van der Waals surface area contributed by atoms with E-state index >= 15 is 0 Å². The van der Waals surface area contributed by atoms with Gasteiger partial charge in [-0.2, -0.15) is 0 Å². The molecule has 0 aromatic heterocycles. The molecule has 0 aliphatic heterocycles. The molecule has 0 heterocycles. The third-order valence-electron chi connectivity index (χ3n) is 1.09. The summed E-state index contributed by atoms with van der Waals surface area (Å²) in [5, 5.41) is 16.4. The summed E-state index contributed by atoms with van der Waals surface area (Å²) in [5.41, 5.74) is 0. The molecule has 4 nitrogen and oxygen atoms in total. The second-order valence-corrected chi connectivity index (χ2v) is 4.53. The van der Waals surface area contributed by atoms with E-state index in [1.54, 1.807) is 20.8 Å². The van der Waals surface area contributed by atoms with Crippen molar-refractivity contribution in [3.8, 4) is 0 Å². The Morgan fingerprint density at radius 2 is 0.840 bits per heavy atom. The molecule has 0 aliphatic rings. The van der Waals surface area contributed by atoms with Crippen LogP contribution in [0.3, 0.4) is 0 Å². The van der Waals surface area contributed by atoms with Gasteiger partial charge in [-0.05, 0) is 41.0 Å². The normalized spacial score (nSPS) is 7.64. The zero-order valence-corrected chi connectivity index (χ0v) is 18.8. The van der Waals surface area contributed by atoms with Crippen LogP contribution in [0.1, 0.15) is 116 Å². The van der Waals surface area contributed by atoms with Crippen molar-refractivity contribution in [2.75, 3.05) is 0 Å². The minimum absolute atomic E-state index is 0. The third kappa shape index (κ3) is 2060. The van der Waals surface area contributed by atoms with Crippen LogP contribution >= 0.6 is 0 Å². The first kappa shape index (κ1) is 49.6. The largest absolute Gasteiger partial charge is 0.394 e. The second-order valence-electron chi connectivity index (χ2n) is 4.53. The molecule has 0 saturated heterocycles. The number of aliphatic hydroxyl groups excluding tert-OH is 2. The van der Waals surface area contributed by atoms with Gasteiger partial charge in [0.2, 0.25) is 0 Å². The van der Waals surface area contributed by atoms with Crippen molar-refractivity contribution in [3.05, 3.63) is 0 Å². The highest BCUT2D eigenvalue weighted by Crippen LogP contribution is 1.81. The SMILES string of the molecule is C.CC.CC(C)O.CC=O.CC=O.CCC.CCC(C)O.CCCC. The van der Waals surface area contributed by atoms with Crippen molar-refractivity contribution in [1.29, 1.82) is 0 Å². The highest BCUT2D eigenvalue weighted by atomic mass is 16.3. The Morgan fingerprint density at radius 3 is 0.840 bits per heavy atom. The summed E-state index contributed by atoms with van der Waals surface area (Å²) in [6.45, 7) is 22.7. The summed E-state index contributed by atoms with van der Waals surface area (Å²) < 4.78 is 0. The maximum absolute atomic E-state index is 8.81. The molecular weight excluding hydrogens is 316 g/mol. The summed E-state index contributed by atoms with van der Waals surface area (Å²) in [4.78, 5) is 17.6. The zero-order valence-electron chi connectivity index (χ0n) is 18.8. The maximum Gasteiger partial charge on any atom is 0.116 e. The number of hydrogen-bond donors (Lipinski definition) is 2. The van der Waals surface area contributed by atoms with Gasteiger partial charge in [0, 0.05) is 6.10 Å². The molecule has 0 radical (unpaired) electrons. The quantitative estimate of drug-likeness (QED) is 0.547. The summed E-state index contributed by atoms with van der Waals surface area (Å²) in [5.74, 6) is 0. The minimum Gasteiger partial charge on any atom is -0.394 e. The predicted octanol–water partition coefficient (Wildman–Crippen LogP) is 6.46. The lowest BCUT2D eigenvalue weighted by Gasteiger charge is -1.90. The molecule has 25 heavy (non-hydrogen) atoms. The van der Waals surface area contributed by atoms with Gasteiger partial charge in [0.15, 0.2) is 0 Å². The van der Waals surface area contributed by atoms with Crippen molar-refractivity contribution >= 4 is 12.6 Å². The Bertz CT molecular complexity index is 125. The van der Waals surface area contributed by atoms with Crippen molar-refractivity contribution in [2.45, 2.75) is 128 Å². The van der Waals surface area contributed by atoms with Gasteiger partial charge < -0.3 is 19.8 Å². The molecular formula is C21H54O4. The summed E-state index contributed by atoms with van der Waals surface area (Å²) >= 11 is 0. The lowest BCUT2D eigenvalue weighted by Crippen LogP contribution is -1.93. The number of aldehydes is 2. The number of carbonyl (C=O) groups excluding carboxylic acids is 2. The van der Waals surface area contributed by atoms with E-state index in [2.05, 4.69) is 27.7 Å². The van der Waals surface area contributed by atoms with Crippen LogP contribution < -0.4 is 0 Å². The van der Waals surface area contributed by atoms with Crippen LogP contribution in [0.2, 0.25) is 0 Å². The second kappa shape index (κ2) is 90.9. The number of carbonyl (C=O) groups is 2. The van der Waals surface area contributed by atoms with Gasteiger partial charge in [0.25, 0.3) is 0 Å². The number of aliphatic hydroxyl groups is 2. The lowest BCUT2D eigenvalue weighted by molar-refractivity contribution is -0.106. The number of hydrogen-bond acceptors (Lipinski definition) is 4. The Balaban J connectivity index is -0.0000000227. The first-order valence-corrected chi connectivity index (χ1v) is 9.32. The van der Waals surface area contributed by atoms with Crippen molar-refractivity contribution in [2.24, 2.45) is 0 Å². The predicted molar refractivity (Wildman–Crippen MR) is 117 cm³/mol. The first-order chi connectivity index (χ1) is 11.2. The lowest BCUT2D eigenvalue weighted by atomic mass is 10.3. The minimum atomic E-state index is -0.167. The number of rotatable bonds is 2. The summed E-state index contributed by atoms with van der Waals surface area (Å²) in [6.07, 6.45) is 5.97. The Kier molecular flexibility index (Phi) is 181. The van der Waals surface area contributed by atoms with E-state index in [4.69, 9.17) is 19.8 Å². The van der Waals surface area contributed by atoms with Crippen molar-refractivity contribution < 1.29 is 19.8 Å². The zero-order chi connectivity index (χ0) is 21.4. The van der Waals surface area contributed by atoms with Gasteiger partial charge in [-0.15, -0.1) is 0 Å². The van der Waals surface area contributed by atoms with Crippen LogP contribution in [0.4, 0.5) is 0 Å². The first-order valence-electron chi connectivity index (χ1n) is 9.32. The summed E-state index contributed by atoms with van der Waals surface area (Å²) in [7, 11) is 0. The molecule has 0 aromatic rings. The van der Waals surface area contributed by atoms with Crippen molar-refractivity contribution in [1.82, 2.24) is 0 Å². The van der Waals surface area contributed by atoms with Gasteiger partial charge in [-0.25, -0.2) is 0 Å². The van der Waals surface area contributed by atoms with Gasteiger partial charge in [0.05, 0.1) is 6.10 Å². The molecule has 0 fully saturated rings. The molecule has 4 heteroatoms. The standard InChI is InChI=1S/C4H10O.C4H10.C3H8O.C3H8.2C2H4O.C2H6.CH4/c1-3-4(2)5;1-3-4-2;1-3(2)4;1-3-2;2*1-2-3;1-2;/h4-5H,3H2,1-2H3;3-4H2,1-2H3;3-4H,1-2H3;3H2,1-2H3;2*2H,1H3;1-2H3;1H4. The highest BCUT2D eigenvalue weighted by Gasteiger charge is 1.81. The van der Waals surface area contributed by atoms with E-state index in [1.807, 2.05) is 20.8 Å². The topological polar surface area (TPSA) is 74.6 Å². The molecule has 0 aromatic carbocycles. The Morgan fingerprint density at radius 1 is 0.760 bits per heavy atom. The number of unbranched alkanes of at least 4 members (excludes halogenated alkanes) is 1. The van der Waals surface area contributed by atoms with Crippen LogP contribution in [0.25, 0.3) is 0 Å². The van der Waals surface area contributed by atoms with Crippen LogP contribution in [0.5, 0.6) is 0 Å². The molecule has 162 valence electrons. The maximum atomic E-state index is 8.81. The molecule has 0 saturated carbocycles. The molecule has 2 N–H and O–H groups in total. The molecule has 1 atom stereocenters. The molecule has 0 spiro atoms. The van der Waals surface area contributed by atoms with E-state index in [-0.39, 0.29) is 19.6 Å². The fraction of sp³-hybridized carbons (Fsp3) is 0.905. The van der Waals surface area contributed by atoms with E-state index in [0.29, 0.717) is 0 Å². The molecule has 0 rings (SSSR count). The van der Waals surface area contributed by atoms with E-state index in [1.165, 1.54) is 33.1 Å². The monoisotopic (exact) mass is 370 g/mol. The summed E-state index contributed by atoms with van der Waals surface area (Å²) in [6, 6.07) is 0. The van der Waals surface area contributed by atoms with Crippen LogP contribution in [-0.2, 0) is 9.59 Å². The van der Waals surface area contributed by atoms with Gasteiger partial charge in [-0.1, -0.05) is 75.2 Å². The molecule has 0 aliphatic carbocycles. The van der Waals surface area contributed by atoms with Gasteiger partial charge >= 0.3 is 0 Å². The van der Waals surface area contributed by atoms with Crippen molar-refractivity contribution in [3.63, 3.8) is 0 Å². The van der Waals surface area contributed by atoms with Crippen LogP contribution in [-0.4, -0.2) is 35.0 Å². The average molecular weight is 371 g/mol. The fourth-order valence-electron chi connectivity index (χ4n) is 0. The van der Waals surface area contributed by atoms with E-state index in [0.717, 1.165) is 19.0 Å². The smallest absolute Gasteiger partial charge is 0.116 e. The Hall–Kier alpha value is -0.740. The van der Waals surface area contributed by atoms with E-state index < -0.39 is 0 Å². The molecule has 1 unspecified atom stereocenters. The van der Waals surface area contributed by atoms with Gasteiger partial charge in [-0.3, -0.25) is 0 Å².